The molecule has 0 amide bonds. The first-order chi connectivity index (χ1) is 8.11. The van der Waals surface area contributed by atoms with Gasteiger partial charge in [-0.15, -0.1) is 0 Å². The Hall–Kier alpha value is -2.04. The van der Waals surface area contributed by atoms with Crippen LogP contribution >= 0.6 is 0 Å². The molecule has 0 aliphatic rings. The number of benzene rings is 1. The highest BCUT2D eigenvalue weighted by Gasteiger charge is 2.14. The van der Waals surface area contributed by atoms with E-state index in [2.05, 4.69) is 9.97 Å². The Bertz CT molecular complexity index is 521. The number of aryl methyl sites for hydroxylation is 1. The maximum absolute atomic E-state index is 13.2. The molecule has 4 nitrogen and oxygen atoms in total. The topological polar surface area (TPSA) is 57.9 Å². The highest BCUT2D eigenvalue weighted by molar-refractivity contribution is 5.69. The minimum absolute atomic E-state index is 0.272. The lowest BCUT2D eigenvalue weighted by molar-refractivity contribution is 0.627. The van der Waals surface area contributed by atoms with Gasteiger partial charge in [0.05, 0.1) is 0 Å². The third-order valence-corrected chi connectivity index (χ3v) is 2.52. The summed E-state index contributed by atoms with van der Waals surface area (Å²) in [4.78, 5) is 9.11. The van der Waals surface area contributed by atoms with E-state index in [1.807, 2.05) is 24.8 Å². The van der Waals surface area contributed by atoms with Gasteiger partial charge >= 0.3 is 0 Å². The summed E-state index contributed by atoms with van der Waals surface area (Å²) >= 11 is 0. The minimum atomic E-state index is -0.272. The van der Waals surface area contributed by atoms with Gasteiger partial charge in [-0.3, -0.25) is 0 Å². The molecule has 1 aromatic carbocycles. The number of H-pyrrole nitrogens is 1. The normalized spacial score (nSPS) is 10.5. The SMILES string of the molecule is CCN(c1cccc(F)c1)c1nc(C)[nH]c1N. The van der Waals surface area contributed by atoms with E-state index in [1.54, 1.807) is 6.07 Å². The van der Waals surface area contributed by atoms with Crippen LogP contribution in [0.5, 0.6) is 0 Å². The van der Waals surface area contributed by atoms with Gasteiger partial charge in [0.25, 0.3) is 0 Å². The number of hydrogen-bond acceptors (Lipinski definition) is 3. The summed E-state index contributed by atoms with van der Waals surface area (Å²) in [6.07, 6.45) is 0. The van der Waals surface area contributed by atoms with Crippen LogP contribution in [0.4, 0.5) is 21.7 Å². The van der Waals surface area contributed by atoms with Crippen molar-refractivity contribution in [3.63, 3.8) is 0 Å². The van der Waals surface area contributed by atoms with E-state index in [-0.39, 0.29) is 5.82 Å². The highest BCUT2D eigenvalue weighted by atomic mass is 19.1. The Morgan fingerprint density at radius 2 is 2.24 bits per heavy atom. The Morgan fingerprint density at radius 1 is 1.47 bits per heavy atom. The number of imidazole rings is 1. The molecule has 3 N–H and O–H groups in total. The number of nitrogen functional groups attached to an aromatic ring is 1. The summed E-state index contributed by atoms with van der Waals surface area (Å²) in [6, 6.07) is 6.38. The van der Waals surface area contributed by atoms with E-state index in [9.17, 15) is 4.39 Å². The van der Waals surface area contributed by atoms with Crippen molar-refractivity contribution in [1.29, 1.82) is 0 Å². The van der Waals surface area contributed by atoms with Crippen LogP contribution in [0.1, 0.15) is 12.7 Å². The molecule has 0 atom stereocenters. The van der Waals surface area contributed by atoms with Crippen LogP contribution < -0.4 is 10.6 Å². The first kappa shape index (κ1) is 11.4. The van der Waals surface area contributed by atoms with Gasteiger partial charge in [0.15, 0.2) is 5.82 Å². The van der Waals surface area contributed by atoms with Crippen LogP contribution in [-0.4, -0.2) is 16.5 Å². The van der Waals surface area contributed by atoms with Gasteiger partial charge in [-0.25, -0.2) is 9.37 Å². The molecule has 1 heterocycles. The quantitative estimate of drug-likeness (QED) is 0.858. The number of halogens is 1. The molecule has 17 heavy (non-hydrogen) atoms. The molecule has 90 valence electrons. The second kappa shape index (κ2) is 4.45. The second-order valence-electron chi connectivity index (χ2n) is 3.78. The maximum atomic E-state index is 13.2. The smallest absolute Gasteiger partial charge is 0.175 e. The lowest BCUT2D eigenvalue weighted by Gasteiger charge is -2.21. The van der Waals surface area contributed by atoms with E-state index < -0.39 is 0 Å². The fourth-order valence-electron chi connectivity index (χ4n) is 1.80. The molecular formula is C12H15FN4. The molecule has 2 aromatic rings. The zero-order chi connectivity index (χ0) is 12.4. The molecule has 0 radical (unpaired) electrons. The number of rotatable bonds is 3. The van der Waals surface area contributed by atoms with E-state index in [0.717, 1.165) is 11.5 Å². The minimum Gasteiger partial charge on any atom is -0.382 e. The van der Waals surface area contributed by atoms with Gasteiger partial charge in [0, 0.05) is 12.2 Å². The van der Waals surface area contributed by atoms with Crippen molar-refractivity contribution in [1.82, 2.24) is 9.97 Å². The Labute approximate surface area is 99.3 Å². The molecule has 0 aliphatic heterocycles. The largest absolute Gasteiger partial charge is 0.382 e. The molecule has 0 saturated carbocycles. The zero-order valence-corrected chi connectivity index (χ0v) is 9.87. The molecule has 0 aliphatic carbocycles. The van der Waals surface area contributed by atoms with Crippen molar-refractivity contribution in [2.45, 2.75) is 13.8 Å². The van der Waals surface area contributed by atoms with Gasteiger partial charge in [-0.2, -0.15) is 0 Å². The van der Waals surface area contributed by atoms with Gasteiger partial charge < -0.3 is 15.6 Å². The summed E-state index contributed by atoms with van der Waals surface area (Å²) < 4.78 is 13.2. The van der Waals surface area contributed by atoms with E-state index in [1.165, 1.54) is 12.1 Å². The fourth-order valence-corrected chi connectivity index (χ4v) is 1.80. The fraction of sp³-hybridized carbons (Fsp3) is 0.250. The number of nitrogens with zero attached hydrogens (tertiary/aromatic N) is 2. The van der Waals surface area contributed by atoms with E-state index in [0.29, 0.717) is 18.2 Å². The van der Waals surface area contributed by atoms with Gasteiger partial charge in [-0.05, 0) is 32.0 Å². The molecule has 0 saturated heterocycles. The predicted molar refractivity (Wildman–Crippen MR) is 66.8 cm³/mol. The van der Waals surface area contributed by atoms with Crippen molar-refractivity contribution < 1.29 is 4.39 Å². The molecular weight excluding hydrogens is 219 g/mol. The zero-order valence-electron chi connectivity index (χ0n) is 9.87. The van der Waals surface area contributed by atoms with Gasteiger partial charge in [0.2, 0.25) is 0 Å². The molecule has 0 unspecified atom stereocenters. The van der Waals surface area contributed by atoms with Crippen molar-refractivity contribution in [3.05, 3.63) is 35.9 Å². The maximum Gasteiger partial charge on any atom is 0.175 e. The number of aromatic amines is 1. The lowest BCUT2D eigenvalue weighted by atomic mass is 10.2. The van der Waals surface area contributed by atoms with Crippen LogP contribution in [0.3, 0.4) is 0 Å². The molecule has 5 heteroatoms. The second-order valence-corrected chi connectivity index (χ2v) is 3.78. The standard InChI is InChI=1S/C12H15FN4/c1-3-17(10-6-4-5-9(13)7-10)12-11(14)15-8(2)16-12/h4-7H,3,14H2,1-2H3,(H,15,16). The van der Waals surface area contributed by atoms with Crippen molar-refractivity contribution in [2.24, 2.45) is 0 Å². The number of anilines is 3. The molecule has 0 spiro atoms. The van der Waals surface area contributed by atoms with Crippen LogP contribution in [0.2, 0.25) is 0 Å². The number of nitrogens with two attached hydrogens (primary N) is 1. The summed E-state index contributed by atoms with van der Waals surface area (Å²) in [5, 5.41) is 0. The summed E-state index contributed by atoms with van der Waals surface area (Å²) in [6.45, 7) is 4.46. The van der Waals surface area contributed by atoms with Crippen molar-refractivity contribution in [2.75, 3.05) is 17.2 Å². The number of hydrogen-bond donors (Lipinski definition) is 2. The average Bonchev–Trinajstić information content (AvgIpc) is 2.59. The monoisotopic (exact) mass is 234 g/mol. The first-order valence-corrected chi connectivity index (χ1v) is 5.47. The van der Waals surface area contributed by atoms with E-state index in [4.69, 9.17) is 5.73 Å². The van der Waals surface area contributed by atoms with Crippen molar-refractivity contribution >= 4 is 17.3 Å². The van der Waals surface area contributed by atoms with Crippen LogP contribution in [0.15, 0.2) is 24.3 Å². The van der Waals surface area contributed by atoms with Gasteiger partial charge in [0.1, 0.15) is 17.5 Å². The summed E-state index contributed by atoms with van der Waals surface area (Å²) in [5.41, 5.74) is 6.58. The van der Waals surface area contributed by atoms with Crippen LogP contribution in [-0.2, 0) is 0 Å². The average molecular weight is 234 g/mol. The summed E-state index contributed by atoms with van der Waals surface area (Å²) in [7, 11) is 0. The Balaban J connectivity index is 2.43. The number of aromatic nitrogens is 2. The van der Waals surface area contributed by atoms with Gasteiger partial charge in [-0.1, -0.05) is 6.07 Å². The molecule has 1 aromatic heterocycles. The summed E-state index contributed by atoms with van der Waals surface area (Å²) in [5.74, 6) is 1.60. The van der Waals surface area contributed by atoms with Crippen LogP contribution in [0.25, 0.3) is 0 Å². The third kappa shape index (κ3) is 2.22. The van der Waals surface area contributed by atoms with E-state index >= 15 is 0 Å². The first-order valence-electron chi connectivity index (χ1n) is 5.47. The third-order valence-electron chi connectivity index (χ3n) is 2.52. The highest BCUT2D eigenvalue weighted by Crippen LogP contribution is 2.28. The van der Waals surface area contributed by atoms with Crippen molar-refractivity contribution in [3.8, 4) is 0 Å². The number of nitrogens with one attached hydrogen (secondary N) is 1. The molecule has 2 rings (SSSR count). The lowest BCUT2D eigenvalue weighted by Crippen LogP contribution is -2.17. The Morgan fingerprint density at radius 3 is 2.76 bits per heavy atom. The molecule has 0 fully saturated rings. The molecule has 0 bridgehead atoms. The predicted octanol–water partition coefficient (Wildman–Crippen LogP) is 2.60. The Kier molecular flexibility index (Phi) is 2.99. The van der Waals surface area contributed by atoms with Crippen LogP contribution in [0, 0.1) is 12.7 Å².